The molecule has 5 heteroatoms. The minimum atomic E-state index is 0.375. The molecule has 0 atom stereocenters. The summed E-state index contributed by atoms with van der Waals surface area (Å²) in [5.41, 5.74) is 7.39. The first kappa shape index (κ1) is 12.0. The number of nitriles is 1. The Bertz CT molecular complexity index is 583. The minimum absolute atomic E-state index is 0.375. The minimum Gasteiger partial charge on any atom is -0.494 e. The number of benzene rings is 1. The molecule has 0 saturated heterocycles. The first-order valence-corrected chi connectivity index (χ1v) is 5.67. The van der Waals surface area contributed by atoms with Gasteiger partial charge in [0.25, 0.3) is 0 Å². The van der Waals surface area contributed by atoms with Crippen molar-refractivity contribution in [2.24, 2.45) is 0 Å². The molecule has 2 aromatic rings. The summed E-state index contributed by atoms with van der Waals surface area (Å²) >= 11 is 0. The summed E-state index contributed by atoms with van der Waals surface area (Å²) in [5, 5.41) is 8.92. The van der Waals surface area contributed by atoms with E-state index in [1.165, 1.54) is 0 Å². The Morgan fingerprint density at radius 1 is 1.50 bits per heavy atom. The van der Waals surface area contributed by atoms with Crippen LogP contribution in [-0.4, -0.2) is 16.2 Å². The summed E-state index contributed by atoms with van der Waals surface area (Å²) in [6, 6.07) is 7.54. The van der Waals surface area contributed by atoms with Gasteiger partial charge in [-0.15, -0.1) is 0 Å². The number of ether oxygens (including phenoxy) is 1. The van der Waals surface area contributed by atoms with Gasteiger partial charge in [0.05, 0.1) is 13.2 Å². The predicted octanol–water partition coefficient (Wildman–Crippen LogP) is 1.78. The van der Waals surface area contributed by atoms with Gasteiger partial charge in [0.2, 0.25) is 5.82 Å². The first-order valence-electron chi connectivity index (χ1n) is 5.67. The van der Waals surface area contributed by atoms with E-state index in [0.717, 1.165) is 11.3 Å². The topological polar surface area (TPSA) is 76.9 Å². The van der Waals surface area contributed by atoms with Gasteiger partial charge in [0.15, 0.2) is 0 Å². The van der Waals surface area contributed by atoms with Crippen LogP contribution in [0.25, 0.3) is 0 Å². The van der Waals surface area contributed by atoms with E-state index in [4.69, 9.17) is 15.7 Å². The molecule has 0 aliphatic carbocycles. The highest BCUT2D eigenvalue weighted by Crippen LogP contribution is 2.22. The number of imidazole rings is 1. The lowest BCUT2D eigenvalue weighted by molar-refractivity contribution is 0.336. The number of nitrogens with zero attached hydrogens (tertiary/aromatic N) is 3. The summed E-state index contributed by atoms with van der Waals surface area (Å²) in [7, 11) is 0. The lowest BCUT2D eigenvalue weighted by Gasteiger charge is -2.11. The van der Waals surface area contributed by atoms with Crippen molar-refractivity contribution in [2.75, 3.05) is 12.3 Å². The monoisotopic (exact) mass is 242 g/mol. The number of anilines is 1. The standard InChI is InChI=1S/C13H14N4O/c1-2-18-12-4-3-11(15)7-10(12)9-17-6-5-16-13(17)8-14/h3-7H,2,9,15H2,1H3. The molecule has 2 rings (SSSR count). The SMILES string of the molecule is CCOc1ccc(N)cc1Cn1ccnc1C#N. The van der Waals surface area contributed by atoms with Crippen molar-refractivity contribution in [1.82, 2.24) is 9.55 Å². The second-order valence-corrected chi connectivity index (χ2v) is 3.79. The maximum absolute atomic E-state index is 8.92. The van der Waals surface area contributed by atoms with Gasteiger partial charge < -0.3 is 15.0 Å². The maximum Gasteiger partial charge on any atom is 0.213 e. The van der Waals surface area contributed by atoms with Crippen molar-refractivity contribution < 1.29 is 4.74 Å². The second-order valence-electron chi connectivity index (χ2n) is 3.79. The Kier molecular flexibility index (Phi) is 3.49. The molecule has 92 valence electrons. The van der Waals surface area contributed by atoms with E-state index in [-0.39, 0.29) is 0 Å². The quantitative estimate of drug-likeness (QED) is 0.829. The third-order valence-electron chi connectivity index (χ3n) is 2.54. The number of hydrogen-bond donors (Lipinski definition) is 1. The third kappa shape index (κ3) is 2.43. The molecule has 0 radical (unpaired) electrons. The Balaban J connectivity index is 2.33. The van der Waals surface area contributed by atoms with E-state index in [0.29, 0.717) is 24.7 Å². The molecule has 1 heterocycles. The average Bonchev–Trinajstić information content (AvgIpc) is 2.80. The molecule has 0 spiro atoms. The lowest BCUT2D eigenvalue weighted by atomic mass is 10.1. The summed E-state index contributed by atoms with van der Waals surface area (Å²) < 4.78 is 7.30. The van der Waals surface area contributed by atoms with E-state index in [9.17, 15) is 0 Å². The van der Waals surface area contributed by atoms with Crippen LogP contribution in [-0.2, 0) is 6.54 Å². The van der Waals surface area contributed by atoms with Crippen molar-refractivity contribution in [3.05, 3.63) is 42.0 Å². The number of rotatable bonds is 4. The van der Waals surface area contributed by atoms with Crippen molar-refractivity contribution in [1.29, 1.82) is 5.26 Å². The molecule has 0 amide bonds. The van der Waals surface area contributed by atoms with Crippen LogP contribution in [0.4, 0.5) is 5.69 Å². The zero-order valence-corrected chi connectivity index (χ0v) is 10.1. The van der Waals surface area contributed by atoms with E-state index < -0.39 is 0 Å². The van der Waals surface area contributed by atoms with Crippen LogP contribution in [0.3, 0.4) is 0 Å². The van der Waals surface area contributed by atoms with Gasteiger partial charge in [-0.2, -0.15) is 5.26 Å². The van der Waals surface area contributed by atoms with Crippen molar-refractivity contribution in [2.45, 2.75) is 13.5 Å². The van der Waals surface area contributed by atoms with E-state index in [1.807, 2.05) is 25.1 Å². The molecule has 2 N–H and O–H groups in total. The number of hydrogen-bond acceptors (Lipinski definition) is 4. The Morgan fingerprint density at radius 2 is 2.33 bits per heavy atom. The van der Waals surface area contributed by atoms with Crippen LogP contribution in [0.1, 0.15) is 18.3 Å². The van der Waals surface area contributed by atoms with Crippen molar-refractivity contribution >= 4 is 5.69 Å². The second kappa shape index (κ2) is 5.23. The molecular formula is C13H14N4O. The van der Waals surface area contributed by atoms with Gasteiger partial charge in [0.1, 0.15) is 11.8 Å². The molecule has 5 nitrogen and oxygen atoms in total. The third-order valence-corrected chi connectivity index (χ3v) is 2.54. The van der Waals surface area contributed by atoms with Crippen LogP contribution < -0.4 is 10.5 Å². The van der Waals surface area contributed by atoms with E-state index >= 15 is 0 Å². The number of nitrogens with two attached hydrogens (primary N) is 1. The molecule has 18 heavy (non-hydrogen) atoms. The van der Waals surface area contributed by atoms with Crippen molar-refractivity contribution in [3.63, 3.8) is 0 Å². The molecule has 0 aliphatic heterocycles. The zero-order valence-electron chi connectivity index (χ0n) is 10.1. The average molecular weight is 242 g/mol. The molecule has 0 saturated carbocycles. The number of nitrogen functional groups attached to an aromatic ring is 1. The van der Waals surface area contributed by atoms with Crippen LogP contribution in [0, 0.1) is 11.3 Å². The first-order chi connectivity index (χ1) is 8.74. The largest absolute Gasteiger partial charge is 0.494 e. The Morgan fingerprint density at radius 3 is 3.06 bits per heavy atom. The highest BCUT2D eigenvalue weighted by atomic mass is 16.5. The van der Waals surface area contributed by atoms with Crippen LogP contribution in [0.15, 0.2) is 30.6 Å². The van der Waals surface area contributed by atoms with E-state index in [2.05, 4.69) is 4.98 Å². The van der Waals surface area contributed by atoms with Crippen LogP contribution in [0.5, 0.6) is 5.75 Å². The van der Waals surface area contributed by atoms with Crippen molar-refractivity contribution in [3.8, 4) is 11.8 Å². The van der Waals surface area contributed by atoms with Gasteiger partial charge >= 0.3 is 0 Å². The molecular weight excluding hydrogens is 228 g/mol. The van der Waals surface area contributed by atoms with Gasteiger partial charge in [-0.3, -0.25) is 0 Å². The molecule has 0 fully saturated rings. The fourth-order valence-corrected chi connectivity index (χ4v) is 1.75. The Labute approximate surface area is 105 Å². The summed E-state index contributed by atoms with van der Waals surface area (Å²) in [5.74, 6) is 1.16. The van der Waals surface area contributed by atoms with Gasteiger partial charge in [0, 0.05) is 23.6 Å². The summed E-state index contributed by atoms with van der Waals surface area (Å²) in [6.45, 7) is 3.04. The molecule has 1 aromatic heterocycles. The molecule has 0 bridgehead atoms. The number of aromatic nitrogens is 2. The van der Waals surface area contributed by atoms with Crippen LogP contribution in [0.2, 0.25) is 0 Å². The highest BCUT2D eigenvalue weighted by Gasteiger charge is 2.08. The summed E-state index contributed by atoms with van der Waals surface area (Å²) in [6.07, 6.45) is 3.36. The normalized spacial score (nSPS) is 10.0. The molecule has 0 aliphatic rings. The molecule has 0 unspecified atom stereocenters. The van der Waals surface area contributed by atoms with Gasteiger partial charge in [-0.05, 0) is 25.1 Å². The van der Waals surface area contributed by atoms with E-state index in [1.54, 1.807) is 23.0 Å². The van der Waals surface area contributed by atoms with Crippen LogP contribution >= 0.6 is 0 Å². The lowest BCUT2D eigenvalue weighted by Crippen LogP contribution is -2.05. The zero-order chi connectivity index (χ0) is 13.0. The fraction of sp³-hybridized carbons (Fsp3) is 0.231. The fourth-order valence-electron chi connectivity index (χ4n) is 1.75. The summed E-state index contributed by atoms with van der Waals surface area (Å²) in [4.78, 5) is 3.96. The molecule has 1 aromatic carbocycles. The highest BCUT2D eigenvalue weighted by molar-refractivity contribution is 5.48. The van der Waals surface area contributed by atoms with Gasteiger partial charge in [-0.25, -0.2) is 4.98 Å². The van der Waals surface area contributed by atoms with Gasteiger partial charge in [-0.1, -0.05) is 0 Å². The maximum atomic E-state index is 8.92. The Hall–Kier alpha value is -2.48. The smallest absolute Gasteiger partial charge is 0.213 e. The predicted molar refractivity (Wildman–Crippen MR) is 68.1 cm³/mol.